The second-order valence-electron chi connectivity index (χ2n) is 8.04. The number of fused-ring (bicyclic) bond motifs is 1. The molecule has 1 aromatic heterocycles. The van der Waals surface area contributed by atoms with Gasteiger partial charge in [-0.2, -0.15) is 0 Å². The van der Waals surface area contributed by atoms with Gasteiger partial charge in [-0.05, 0) is 37.1 Å². The maximum absolute atomic E-state index is 13.1. The molecule has 0 spiro atoms. The number of piperazine rings is 1. The molecule has 2 aromatic carbocycles. The van der Waals surface area contributed by atoms with Crippen LogP contribution in [-0.2, 0) is 16.0 Å². The smallest absolute Gasteiger partial charge is 0.408 e. The molecule has 3 aromatic rings. The van der Waals surface area contributed by atoms with E-state index in [4.69, 9.17) is 4.42 Å². The first kappa shape index (κ1) is 21.8. The second kappa shape index (κ2) is 9.40. The lowest BCUT2D eigenvalue weighted by molar-refractivity contribution is -0.136. The molecule has 4 rings (SSSR count). The Morgan fingerprint density at radius 3 is 2.47 bits per heavy atom. The molecule has 0 aliphatic carbocycles. The van der Waals surface area contributed by atoms with Crippen LogP contribution in [0.1, 0.15) is 25.5 Å². The normalized spacial score (nSPS) is 15.6. The predicted octanol–water partition coefficient (Wildman–Crippen LogP) is 2.50. The van der Waals surface area contributed by atoms with Gasteiger partial charge in [0.15, 0.2) is 5.58 Å². The zero-order valence-corrected chi connectivity index (χ0v) is 18.4. The average molecular weight is 437 g/mol. The third-order valence-electron chi connectivity index (χ3n) is 5.99. The number of carbonyl (C=O) groups excluding carboxylic acids is 2. The van der Waals surface area contributed by atoms with Gasteiger partial charge in [-0.15, -0.1) is 0 Å². The van der Waals surface area contributed by atoms with Gasteiger partial charge < -0.3 is 14.6 Å². The van der Waals surface area contributed by atoms with Crippen molar-refractivity contribution in [2.75, 3.05) is 38.0 Å². The number of nitrogens with zero attached hydrogens (tertiary/aromatic N) is 3. The van der Waals surface area contributed by atoms with E-state index in [1.54, 1.807) is 30.0 Å². The number of rotatable bonds is 6. The van der Waals surface area contributed by atoms with Gasteiger partial charge in [-0.25, -0.2) is 4.79 Å². The van der Waals surface area contributed by atoms with Gasteiger partial charge in [0.25, 0.3) is 0 Å². The number of aryl methyl sites for hydroxylation is 1. The van der Waals surface area contributed by atoms with Gasteiger partial charge in [-0.3, -0.25) is 19.1 Å². The van der Waals surface area contributed by atoms with E-state index in [0.29, 0.717) is 37.3 Å². The highest BCUT2D eigenvalue weighted by atomic mass is 16.4. The molecule has 1 unspecified atom stereocenters. The van der Waals surface area contributed by atoms with Crippen LogP contribution >= 0.6 is 0 Å². The van der Waals surface area contributed by atoms with Crippen LogP contribution < -0.4 is 11.1 Å². The summed E-state index contributed by atoms with van der Waals surface area (Å²) in [5.41, 5.74) is 3.03. The predicted molar refractivity (Wildman–Crippen MR) is 123 cm³/mol. The fourth-order valence-corrected chi connectivity index (χ4v) is 4.20. The molecule has 8 heteroatoms. The first-order valence-electron chi connectivity index (χ1n) is 11.0. The van der Waals surface area contributed by atoms with Gasteiger partial charge in [0.2, 0.25) is 11.8 Å². The van der Waals surface area contributed by atoms with Crippen LogP contribution in [0.5, 0.6) is 0 Å². The molecule has 168 valence electrons. The number of carbonyl (C=O) groups is 2. The summed E-state index contributed by atoms with van der Waals surface area (Å²) in [5.74, 6) is -0.718. The number of amides is 2. The summed E-state index contributed by atoms with van der Waals surface area (Å²) < 4.78 is 6.67. The molecule has 0 bridgehead atoms. The van der Waals surface area contributed by atoms with E-state index in [9.17, 15) is 14.4 Å². The van der Waals surface area contributed by atoms with Crippen molar-refractivity contribution in [3.63, 3.8) is 0 Å². The van der Waals surface area contributed by atoms with Crippen LogP contribution in [0.2, 0.25) is 0 Å². The molecule has 2 amide bonds. The molecule has 0 saturated carbocycles. The summed E-state index contributed by atoms with van der Waals surface area (Å²) in [6.07, 6.45) is 0.852. The third-order valence-corrected chi connectivity index (χ3v) is 5.99. The number of oxazole rings is 1. The maximum Gasteiger partial charge on any atom is 0.420 e. The number of anilines is 1. The standard InChI is InChI=1S/C24H28N4O4/c1-3-18-8-4-5-9-19(18)25-22(29)16-26-12-14-27(15-13-26)23(30)17(2)28-20-10-6-7-11-21(20)32-24(28)31/h4-11,17H,3,12-16H2,1-2H3,(H,25,29). The number of benzene rings is 2. The number of aromatic nitrogens is 1. The Kier molecular flexibility index (Phi) is 6.41. The number of hydrogen-bond acceptors (Lipinski definition) is 5. The van der Waals surface area contributed by atoms with Crippen molar-refractivity contribution in [3.8, 4) is 0 Å². The molecule has 0 radical (unpaired) electrons. The Morgan fingerprint density at radius 1 is 1.03 bits per heavy atom. The number of para-hydroxylation sites is 3. The first-order chi connectivity index (χ1) is 15.5. The van der Waals surface area contributed by atoms with Crippen molar-refractivity contribution in [2.24, 2.45) is 0 Å². The van der Waals surface area contributed by atoms with E-state index in [-0.39, 0.29) is 18.4 Å². The second-order valence-corrected chi connectivity index (χ2v) is 8.04. The lowest BCUT2D eigenvalue weighted by Gasteiger charge is -2.35. The molecule has 1 aliphatic rings. The Balaban J connectivity index is 1.34. The quantitative estimate of drug-likeness (QED) is 0.642. The molecule has 1 N–H and O–H groups in total. The summed E-state index contributed by atoms with van der Waals surface area (Å²) in [7, 11) is 0. The van der Waals surface area contributed by atoms with Gasteiger partial charge in [0.05, 0.1) is 12.1 Å². The van der Waals surface area contributed by atoms with Crippen molar-refractivity contribution < 1.29 is 14.0 Å². The van der Waals surface area contributed by atoms with Crippen molar-refractivity contribution in [2.45, 2.75) is 26.3 Å². The molecule has 32 heavy (non-hydrogen) atoms. The molecule has 1 fully saturated rings. The lowest BCUT2D eigenvalue weighted by atomic mass is 10.1. The van der Waals surface area contributed by atoms with Gasteiger partial charge in [-0.1, -0.05) is 37.3 Å². The molecule has 1 saturated heterocycles. The van der Waals surface area contributed by atoms with Crippen LogP contribution in [0.4, 0.5) is 5.69 Å². The van der Waals surface area contributed by atoms with Crippen molar-refractivity contribution in [3.05, 3.63) is 64.6 Å². The molecule has 8 nitrogen and oxygen atoms in total. The number of hydrogen-bond donors (Lipinski definition) is 1. The molecule has 1 aliphatic heterocycles. The van der Waals surface area contributed by atoms with E-state index in [1.807, 2.05) is 35.2 Å². The summed E-state index contributed by atoms with van der Waals surface area (Å²) in [5, 5.41) is 2.99. The monoisotopic (exact) mass is 436 g/mol. The van der Waals surface area contributed by atoms with Crippen molar-refractivity contribution in [1.29, 1.82) is 0 Å². The topological polar surface area (TPSA) is 87.8 Å². The van der Waals surface area contributed by atoms with E-state index in [0.717, 1.165) is 17.7 Å². The zero-order valence-electron chi connectivity index (χ0n) is 18.4. The minimum absolute atomic E-state index is 0.0598. The van der Waals surface area contributed by atoms with Crippen molar-refractivity contribution >= 4 is 28.6 Å². The molecular formula is C24H28N4O4. The molecule has 2 heterocycles. The van der Waals surface area contributed by atoms with Gasteiger partial charge in [0, 0.05) is 31.9 Å². The highest BCUT2D eigenvalue weighted by Crippen LogP contribution is 2.19. The SMILES string of the molecule is CCc1ccccc1NC(=O)CN1CCN(C(=O)C(C)n2c(=O)oc3ccccc32)CC1. The molecule has 1 atom stereocenters. The summed E-state index contributed by atoms with van der Waals surface area (Å²) >= 11 is 0. The Morgan fingerprint density at radius 2 is 1.72 bits per heavy atom. The summed E-state index contributed by atoms with van der Waals surface area (Å²) in [6, 6.07) is 14.2. The van der Waals surface area contributed by atoms with Crippen LogP contribution in [0.15, 0.2) is 57.7 Å². The van der Waals surface area contributed by atoms with Crippen LogP contribution in [0.25, 0.3) is 11.1 Å². The fourth-order valence-electron chi connectivity index (χ4n) is 4.20. The van der Waals surface area contributed by atoms with Gasteiger partial charge in [0.1, 0.15) is 6.04 Å². The fraction of sp³-hybridized carbons (Fsp3) is 0.375. The van der Waals surface area contributed by atoms with Crippen LogP contribution in [0, 0.1) is 0 Å². The minimum atomic E-state index is -0.661. The molecular weight excluding hydrogens is 408 g/mol. The van der Waals surface area contributed by atoms with Crippen molar-refractivity contribution in [1.82, 2.24) is 14.4 Å². The first-order valence-corrected chi connectivity index (χ1v) is 11.0. The highest BCUT2D eigenvalue weighted by Gasteiger charge is 2.29. The number of nitrogens with one attached hydrogen (secondary N) is 1. The van der Waals surface area contributed by atoms with E-state index >= 15 is 0 Å². The highest BCUT2D eigenvalue weighted by molar-refractivity contribution is 5.93. The largest absolute Gasteiger partial charge is 0.420 e. The minimum Gasteiger partial charge on any atom is -0.408 e. The summed E-state index contributed by atoms with van der Waals surface area (Å²) in [4.78, 5) is 41.7. The average Bonchev–Trinajstić information content (AvgIpc) is 3.14. The van der Waals surface area contributed by atoms with Crippen LogP contribution in [0.3, 0.4) is 0 Å². The van der Waals surface area contributed by atoms with Gasteiger partial charge >= 0.3 is 5.76 Å². The van der Waals surface area contributed by atoms with E-state index in [1.165, 1.54) is 4.57 Å². The Hall–Kier alpha value is -3.39. The Bertz CT molecular complexity index is 1170. The zero-order chi connectivity index (χ0) is 22.7. The third kappa shape index (κ3) is 4.45. The van der Waals surface area contributed by atoms with E-state index < -0.39 is 11.8 Å². The lowest BCUT2D eigenvalue weighted by Crippen LogP contribution is -2.52. The van der Waals surface area contributed by atoms with Crippen LogP contribution in [-0.4, -0.2) is 58.9 Å². The maximum atomic E-state index is 13.1. The van der Waals surface area contributed by atoms with E-state index in [2.05, 4.69) is 12.2 Å². The Labute approximate surface area is 186 Å². The summed E-state index contributed by atoms with van der Waals surface area (Å²) in [6.45, 7) is 6.27.